The van der Waals surface area contributed by atoms with Gasteiger partial charge in [-0.2, -0.15) is 0 Å². The van der Waals surface area contributed by atoms with Crippen molar-refractivity contribution in [3.63, 3.8) is 0 Å². The maximum Gasteiger partial charge on any atom is 0.410 e. The number of hydrogen-bond acceptors (Lipinski definition) is 9. The number of carbonyl (C=O) groups excluding carboxylic acids is 3. The van der Waals surface area contributed by atoms with Crippen molar-refractivity contribution < 1.29 is 33.0 Å². The number of aromatic nitrogens is 2. The molecule has 0 radical (unpaired) electrons. The van der Waals surface area contributed by atoms with Crippen LogP contribution in [-0.4, -0.2) is 97.6 Å². The monoisotopic (exact) mass is 701 g/mol. The van der Waals surface area contributed by atoms with E-state index in [9.17, 15) is 23.6 Å². The van der Waals surface area contributed by atoms with Gasteiger partial charge >= 0.3 is 12.1 Å². The van der Waals surface area contributed by atoms with Crippen molar-refractivity contribution in [2.24, 2.45) is 0 Å². The second-order valence-electron chi connectivity index (χ2n) is 12.2. The highest BCUT2D eigenvalue weighted by Gasteiger charge is 2.39. The lowest BCUT2D eigenvalue weighted by atomic mass is 10.1. The van der Waals surface area contributed by atoms with Crippen LogP contribution in [-0.2, 0) is 9.53 Å². The van der Waals surface area contributed by atoms with Crippen LogP contribution in [0.3, 0.4) is 0 Å². The van der Waals surface area contributed by atoms with Crippen LogP contribution in [0.1, 0.15) is 31.6 Å². The van der Waals surface area contributed by atoms with Gasteiger partial charge in [-0.05, 0) is 68.3 Å². The molecule has 3 heterocycles. The molecule has 2 aliphatic rings. The minimum Gasteiger partial charge on any atom is -0.497 e. The number of carbonyl (C=O) groups is 3. The zero-order valence-electron chi connectivity index (χ0n) is 28.9. The van der Waals surface area contributed by atoms with Gasteiger partial charge in [0.15, 0.2) is 5.82 Å². The molecular formula is C36H40FN7O7. The molecule has 6 rings (SSSR count). The first-order chi connectivity index (χ1) is 24.6. The Morgan fingerprint density at radius 2 is 1.67 bits per heavy atom. The molecule has 0 spiro atoms. The predicted octanol–water partition coefficient (Wildman–Crippen LogP) is 4.36. The summed E-state index contributed by atoms with van der Waals surface area (Å²) in [6.07, 6.45) is 0.724. The van der Waals surface area contributed by atoms with Crippen molar-refractivity contribution in [1.29, 1.82) is 0 Å². The average Bonchev–Trinajstić information content (AvgIpc) is 3.65. The number of methoxy groups -OCH3 is 3. The van der Waals surface area contributed by atoms with E-state index in [2.05, 4.69) is 5.32 Å². The number of amides is 4. The van der Waals surface area contributed by atoms with Crippen LogP contribution in [0.5, 0.6) is 11.5 Å². The van der Waals surface area contributed by atoms with E-state index >= 15 is 0 Å². The summed E-state index contributed by atoms with van der Waals surface area (Å²) < 4.78 is 31.2. The van der Waals surface area contributed by atoms with E-state index in [0.717, 1.165) is 0 Å². The number of benzene rings is 3. The Kier molecular flexibility index (Phi) is 10.3. The van der Waals surface area contributed by atoms with Crippen LogP contribution in [0.25, 0.3) is 10.9 Å². The van der Waals surface area contributed by atoms with E-state index in [4.69, 9.17) is 19.2 Å². The third-order valence-electron chi connectivity index (χ3n) is 9.30. The maximum atomic E-state index is 14.3. The Balaban J connectivity index is 1.38. The first-order valence-corrected chi connectivity index (χ1v) is 16.6. The van der Waals surface area contributed by atoms with Crippen LogP contribution in [0.15, 0.2) is 71.5 Å². The maximum absolute atomic E-state index is 14.3. The molecule has 1 aromatic heterocycles. The summed E-state index contributed by atoms with van der Waals surface area (Å²) in [5, 5.41) is 5.04. The molecule has 0 saturated carbocycles. The molecule has 0 bridgehead atoms. The number of halogens is 1. The van der Waals surface area contributed by atoms with E-state index in [0.29, 0.717) is 66.3 Å². The van der Waals surface area contributed by atoms with E-state index < -0.39 is 30.0 Å². The van der Waals surface area contributed by atoms with E-state index in [1.807, 2.05) is 5.01 Å². The number of fused-ring (bicyclic) bond motifs is 1. The van der Waals surface area contributed by atoms with Crippen LogP contribution in [0, 0.1) is 5.82 Å². The van der Waals surface area contributed by atoms with Gasteiger partial charge in [0.05, 0.1) is 57.1 Å². The SMILES string of the molecule is COC(=O)N1CCC[C@H]1C(=O)N1CCN(n2c([C@H](C)N(C(=O)Nc3ccc(F)cc3)c3ccc(OC)cc3OC)nc3ccccc3c2=O)CC1. The standard InChI is InChI=1S/C36H40FN7O7/c1-23(43(29-16-15-26(49-2)22-31(29)50-3)35(47)38-25-13-11-24(37)12-14-25)32-39-28-9-6-5-8-27(28)33(45)44(32)41-20-18-40(19-21-41)34(46)30-10-7-17-42(30)36(48)51-4/h5-6,8-9,11-16,22-23,30H,7,10,17-21H2,1-4H3,(H,38,47)/t23-,30-/m0/s1. The van der Waals surface area contributed by atoms with Gasteiger partial charge in [-0.15, -0.1) is 0 Å². The molecule has 268 valence electrons. The highest BCUT2D eigenvalue weighted by molar-refractivity contribution is 6.03. The number of rotatable bonds is 8. The van der Waals surface area contributed by atoms with Gasteiger partial charge in [0.1, 0.15) is 23.4 Å². The molecule has 2 atom stereocenters. The fraction of sp³-hybridized carbons (Fsp3) is 0.361. The summed E-state index contributed by atoms with van der Waals surface area (Å²) in [4.78, 5) is 64.0. The summed E-state index contributed by atoms with van der Waals surface area (Å²) in [7, 11) is 4.29. The molecule has 4 aromatic rings. The van der Waals surface area contributed by atoms with Crippen molar-refractivity contribution in [1.82, 2.24) is 19.5 Å². The Bertz CT molecular complexity index is 1980. The fourth-order valence-corrected chi connectivity index (χ4v) is 6.68. The Hall–Kier alpha value is -5.86. The number of urea groups is 1. The lowest BCUT2D eigenvalue weighted by Gasteiger charge is -2.40. The number of likely N-dealkylation sites (tertiary alicyclic amines) is 1. The van der Waals surface area contributed by atoms with Gasteiger partial charge in [0, 0.05) is 31.4 Å². The third kappa shape index (κ3) is 6.96. The van der Waals surface area contributed by atoms with Gasteiger partial charge in [-0.3, -0.25) is 19.4 Å². The van der Waals surface area contributed by atoms with Gasteiger partial charge in [-0.1, -0.05) is 12.1 Å². The second kappa shape index (κ2) is 14.9. The lowest BCUT2D eigenvalue weighted by molar-refractivity contribution is -0.136. The zero-order chi connectivity index (χ0) is 36.2. The summed E-state index contributed by atoms with van der Waals surface area (Å²) in [5.74, 6) is 0.474. The fourth-order valence-electron chi connectivity index (χ4n) is 6.68. The minimum absolute atomic E-state index is 0.162. The molecule has 2 fully saturated rings. The topological polar surface area (TPSA) is 139 Å². The number of para-hydroxylation sites is 1. The number of hydrogen-bond donors (Lipinski definition) is 1. The number of anilines is 2. The number of nitrogens with zero attached hydrogens (tertiary/aromatic N) is 6. The van der Waals surface area contributed by atoms with Gasteiger partial charge in [0.25, 0.3) is 5.56 Å². The second-order valence-corrected chi connectivity index (χ2v) is 12.2. The molecule has 3 aromatic carbocycles. The van der Waals surface area contributed by atoms with Gasteiger partial charge in [0.2, 0.25) is 5.91 Å². The minimum atomic E-state index is -0.878. The molecule has 2 aliphatic heterocycles. The first kappa shape index (κ1) is 35.0. The summed E-state index contributed by atoms with van der Waals surface area (Å²) in [6, 6.07) is 15.3. The highest BCUT2D eigenvalue weighted by atomic mass is 19.1. The average molecular weight is 702 g/mol. The predicted molar refractivity (Wildman–Crippen MR) is 189 cm³/mol. The van der Waals surface area contributed by atoms with Crippen molar-refractivity contribution in [3.8, 4) is 11.5 Å². The molecule has 15 heteroatoms. The molecule has 0 unspecified atom stereocenters. The summed E-state index contributed by atoms with van der Waals surface area (Å²) in [5.41, 5.74) is 0.819. The van der Waals surface area contributed by atoms with Crippen LogP contribution in [0.4, 0.5) is 25.4 Å². The first-order valence-electron chi connectivity index (χ1n) is 16.6. The van der Waals surface area contributed by atoms with Crippen LogP contribution in [0.2, 0.25) is 0 Å². The van der Waals surface area contributed by atoms with Crippen molar-refractivity contribution in [3.05, 3.63) is 88.7 Å². The molecule has 2 saturated heterocycles. The van der Waals surface area contributed by atoms with Crippen LogP contribution < -0.4 is 30.3 Å². The smallest absolute Gasteiger partial charge is 0.410 e. The Morgan fingerprint density at radius 3 is 2.35 bits per heavy atom. The third-order valence-corrected chi connectivity index (χ3v) is 9.30. The largest absolute Gasteiger partial charge is 0.497 e. The van der Waals surface area contributed by atoms with Crippen molar-refractivity contribution >= 4 is 40.3 Å². The van der Waals surface area contributed by atoms with E-state index in [1.54, 1.807) is 54.3 Å². The molecular weight excluding hydrogens is 661 g/mol. The van der Waals surface area contributed by atoms with Crippen molar-refractivity contribution in [2.45, 2.75) is 31.8 Å². The molecule has 51 heavy (non-hydrogen) atoms. The lowest BCUT2D eigenvalue weighted by Crippen LogP contribution is -2.59. The molecule has 4 amide bonds. The Labute approximate surface area is 293 Å². The van der Waals surface area contributed by atoms with Crippen LogP contribution >= 0.6 is 0 Å². The molecule has 1 N–H and O–H groups in total. The number of ether oxygens (including phenoxy) is 3. The number of nitrogens with one attached hydrogen (secondary N) is 1. The number of piperazine rings is 1. The van der Waals surface area contributed by atoms with E-state index in [-0.39, 0.29) is 30.4 Å². The Morgan fingerprint density at radius 1 is 0.941 bits per heavy atom. The highest BCUT2D eigenvalue weighted by Crippen LogP contribution is 2.37. The molecule has 14 nitrogen and oxygen atoms in total. The summed E-state index contributed by atoms with van der Waals surface area (Å²) >= 11 is 0. The molecule has 0 aliphatic carbocycles. The van der Waals surface area contributed by atoms with Crippen molar-refractivity contribution in [2.75, 3.05) is 69.3 Å². The van der Waals surface area contributed by atoms with Gasteiger partial charge < -0.3 is 29.4 Å². The van der Waals surface area contributed by atoms with E-state index in [1.165, 1.54) is 60.1 Å². The zero-order valence-corrected chi connectivity index (χ0v) is 28.9. The normalized spacial score (nSPS) is 16.5. The van der Waals surface area contributed by atoms with Gasteiger partial charge in [-0.25, -0.2) is 23.6 Å². The quantitative estimate of drug-likeness (QED) is 0.284. The summed E-state index contributed by atoms with van der Waals surface area (Å²) in [6.45, 7) is 3.35.